The summed E-state index contributed by atoms with van der Waals surface area (Å²) in [5.74, 6) is -0.458. The highest BCUT2D eigenvalue weighted by molar-refractivity contribution is 7.80. The molecule has 3 N–H and O–H groups in total. The lowest BCUT2D eigenvalue weighted by Gasteiger charge is -2.20. The Morgan fingerprint density at radius 1 is 1.48 bits per heavy atom. The van der Waals surface area contributed by atoms with Crippen molar-refractivity contribution in [2.45, 2.75) is 6.04 Å². The number of aliphatic hydroxyl groups is 1. The number of aromatic nitrogens is 2. The summed E-state index contributed by atoms with van der Waals surface area (Å²) in [5, 5.41) is 15.8. The molecule has 1 saturated heterocycles. The van der Waals surface area contributed by atoms with Crippen LogP contribution in [0.15, 0.2) is 18.3 Å². The fraction of sp³-hybridized carbons (Fsp3) is 0.417. The number of hydrogen-bond donors (Lipinski definition) is 3. The Kier molecular flexibility index (Phi) is 4.47. The molecular weight excluding hydrogens is 358 g/mol. The predicted molar refractivity (Wildman–Crippen MR) is 81.1 cm³/mol. The molecule has 0 aliphatic carbocycles. The standard InChI is InChI=1S/C12H15N5O7S/c18-4-2-13-11(19)10-1-3-16(14-10)8-5-9-7-15(6-8)12(20)17(9)24-25(21,22)23/h1,3,5,9,18H,2,4,6-7H2,(H,13,19)(H,21,22,23). The molecule has 2 aliphatic rings. The summed E-state index contributed by atoms with van der Waals surface area (Å²) in [4.78, 5) is 25.2. The van der Waals surface area contributed by atoms with E-state index in [4.69, 9.17) is 9.66 Å². The lowest BCUT2D eigenvalue weighted by atomic mass is 10.2. The molecule has 0 saturated carbocycles. The number of hydrogen-bond acceptors (Lipinski definition) is 7. The summed E-state index contributed by atoms with van der Waals surface area (Å²) in [6.07, 6.45) is 3.08. The predicted octanol–water partition coefficient (Wildman–Crippen LogP) is -1.70. The third-order valence-corrected chi connectivity index (χ3v) is 3.94. The molecule has 1 aromatic rings. The third kappa shape index (κ3) is 3.63. The maximum Gasteiger partial charge on any atom is 0.418 e. The van der Waals surface area contributed by atoms with Crippen molar-refractivity contribution in [2.75, 3.05) is 26.2 Å². The van der Waals surface area contributed by atoms with Gasteiger partial charge in [0.05, 0.1) is 18.8 Å². The summed E-state index contributed by atoms with van der Waals surface area (Å²) in [6.45, 7) is 0.226. The van der Waals surface area contributed by atoms with E-state index in [1.54, 1.807) is 6.08 Å². The summed E-state index contributed by atoms with van der Waals surface area (Å²) in [7, 11) is -4.82. The molecule has 1 fully saturated rings. The lowest BCUT2D eigenvalue weighted by Crippen LogP contribution is -2.35. The van der Waals surface area contributed by atoms with E-state index in [9.17, 15) is 18.0 Å². The van der Waals surface area contributed by atoms with E-state index in [1.807, 2.05) is 0 Å². The number of nitrogens with one attached hydrogen (secondary N) is 1. The van der Waals surface area contributed by atoms with Crippen molar-refractivity contribution < 1.29 is 31.9 Å². The van der Waals surface area contributed by atoms with Crippen LogP contribution in [0.1, 0.15) is 10.5 Å². The third-order valence-electron chi connectivity index (χ3n) is 3.59. The monoisotopic (exact) mass is 373 g/mol. The first-order valence-electron chi connectivity index (χ1n) is 7.19. The topological polar surface area (TPSA) is 154 Å². The van der Waals surface area contributed by atoms with Crippen LogP contribution in [0.2, 0.25) is 0 Å². The van der Waals surface area contributed by atoms with Gasteiger partial charge in [0.1, 0.15) is 6.04 Å². The van der Waals surface area contributed by atoms with Gasteiger partial charge in [-0.3, -0.25) is 9.35 Å². The summed E-state index contributed by atoms with van der Waals surface area (Å²) in [6, 6.07) is 0.0317. The van der Waals surface area contributed by atoms with Crippen molar-refractivity contribution in [3.05, 3.63) is 24.0 Å². The van der Waals surface area contributed by atoms with Crippen LogP contribution in [0.3, 0.4) is 0 Å². The van der Waals surface area contributed by atoms with Crippen LogP contribution in [0.5, 0.6) is 0 Å². The highest BCUT2D eigenvalue weighted by atomic mass is 32.3. The molecule has 1 atom stereocenters. The number of aliphatic hydroxyl groups excluding tert-OH is 1. The number of fused-ring (bicyclic) bond motifs is 2. The Labute approximate surface area is 142 Å². The van der Waals surface area contributed by atoms with Crippen molar-refractivity contribution in [1.82, 2.24) is 25.1 Å². The van der Waals surface area contributed by atoms with Gasteiger partial charge in [-0.05, 0) is 12.1 Å². The molecule has 2 aliphatic heterocycles. The molecule has 25 heavy (non-hydrogen) atoms. The molecule has 3 amide bonds. The van der Waals surface area contributed by atoms with Crippen LogP contribution in [0.25, 0.3) is 5.70 Å². The van der Waals surface area contributed by atoms with E-state index in [2.05, 4.69) is 14.7 Å². The van der Waals surface area contributed by atoms with Gasteiger partial charge in [-0.1, -0.05) is 0 Å². The van der Waals surface area contributed by atoms with Crippen LogP contribution in [-0.4, -0.2) is 82.0 Å². The molecule has 12 nitrogen and oxygen atoms in total. The average molecular weight is 373 g/mol. The van der Waals surface area contributed by atoms with Gasteiger partial charge in [0.2, 0.25) is 0 Å². The van der Waals surface area contributed by atoms with E-state index >= 15 is 0 Å². The van der Waals surface area contributed by atoms with E-state index in [0.717, 1.165) is 0 Å². The number of carbonyl (C=O) groups is 2. The molecule has 2 bridgehead atoms. The Hall–Kier alpha value is -2.48. The summed E-state index contributed by atoms with van der Waals surface area (Å²) >= 11 is 0. The second-order valence-electron chi connectivity index (χ2n) is 5.34. The van der Waals surface area contributed by atoms with Gasteiger partial charge in [0.15, 0.2) is 5.69 Å². The number of nitrogens with zero attached hydrogens (tertiary/aromatic N) is 4. The molecule has 136 valence electrons. The molecule has 3 rings (SSSR count). The molecule has 3 heterocycles. The minimum Gasteiger partial charge on any atom is -0.395 e. The van der Waals surface area contributed by atoms with E-state index in [1.165, 1.54) is 21.8 Å². The zero-order valence-electron chi connectivity index (χ0n) is 12.8. The van der Waals surface area contributed by atoms with Crippen molar-refractivity contribution in [3.63, 3.8) is 0 Å². The maximum atomic E-state index is 12.1. The number of carbonyl (C=O) groups excluding carboxylic acids is 2. The van der Waals surface area contributed by atoms with Gasteiger partial charge in [0, 0.05) is 19.3 Å². The maximum absolute atomic E-state index is 12.1. The van der Waals surface area contributed by atoms with Crippen molar-refractivity contribution >= 4 is 28.0 Å². The Morgan fingerprint density at radius 2 is 2.24 bits per heavy atom. The quantitative estimate of drug-likeness (QED) is 0.499. The zero-order chi connectivity index (χ0) is 18.2. The van der Waals surface area contributed by atoms with Gasteiger partial charge >= 0.3 is 16.4 Å². The van der Waals surface area contributed by atoms with Gasteiger partial charge in [0.25, 0.3) is 5.91 Å². The minimum atomic E-state index is -4.82. The Morgan fingerprint density at radius 3 is 2.92 bits per heavy atom. The highest BCUT2D eigenvalue weighted by Crippen LogP contribution is 2.27. The van der Waals surface area contributed by atoms with E-state index in [-0.39, 0.29) is 31.9 Å². The molecule has 0 spiro atoms. The number of urea groups is 1. The number of rotatable bonds is 6. The van der Waals surface area contributed by atoms with E-state index in [0.29, 0.717) is 10.8 Å². The van der Waals surface area contributed by atoms with Gasteiger partial charge < -0.3 is 15.3 Å². The van der Waals surface area contributed by atoms with Crippen LogP contribution in [0, 0.1) is 0 Å². The molecule has 1 unspecified atom stereocenters. The molecular formula is C12H15N5O7S. The van der Waals surface area contributed by atoms with Crippen molar-refractivity contribution in [3.8, 4) is 0 Å². The highest BCUT2D eigenvalue weighted by Gasteiger charge is 2.43. The molecule has 0 radical (unpaired) electrons. The largest absolute Gasteiger partial charge is 0.418 e. The van der Waals surface area contributed by atoms with Crippen LogP contribution >= 0.6 is 0 Å². The lowest BCUT2D eigenvalue weighted by molar-refractivity contribution is -0.0183. The molecule has 1 aromatic heterocycles. The van der Waals surface area contributed by atoms with Gasteiger partial charge in [-0.25, -0.2) is 9.48 Å². The minimum absolute atomic E-state index is 0.0979. The normalized spacial score (nSPS) is 20.0. The first kappa shape index (κ1) is 17.3. The van der Waals surface area contributed by atoms with Crippen LogP contribution < -0.4 is 5.32 Å². The number of hydroxylamine groups is 2. The Bertz CT molecular complexity index is 833. The smallest absolute Gasteiger partial charge is 0.395 e. The number of amides is 3. The zero-order valence-corrected chi connectivity index (χ0v) is 13.6. The fourth-order valence-electron chi connectivity index (χ4n) is 2.58. The van der Waals surface area contributed by atoms with Gasteiger partial charge in [-0.15, -0.1) is 4.28 Å². The van der Waals surface area contributed by atoms with E-state index < -0.39 is 28.4 Å². The van der Waals surface area contributed by atoms with Crippen LogP contribution in [-0.2, 0) is 14.7 Å². The second kappa shape index (κ2) is 6.44. The SMILES string of the molecule is O=C(NCCO)c1ccn(C2=CC3CN(C2)C(=O)N3OS(=O)(=O)O)n1. The summed E-state index contributed by atoms with van der Waals surface area (Å²) in [5.41, 5.74) is 0.659. The molecule has 0 aromatic carbocycles. The average Bonchev–Trinajstić information content (AvgIpc) is 3.12. The first-order chi connectivity index (χ1) is 11.8. The van der Waals surface area contributed by atoms with Crippen LogP contribution in [0.4, 0.5) is 4.79 Å². The van der Waals surface area contributed by atoms with Gasteiger partial charge in [-0.2, -0.15) is 18.6 Å². The Balaban J connectivity index is 1.79. The van der Waals surface area contributed by atoms with Crippen molar-refractivity contribution in [1.29, 1.82) is 0 Å². The summed E-state index contributed by atoms with van der Waals surface area (Å²) < 4.78 is 36.2. The fourth-order valence-corrected chi connectivity index (χ4v) is 2.96. The second-order valence-corrected chi connectivity index (χ2v) is 6.35. The first-order valence-corrected chi connectivity index (χ1v) is 8.56. The molecule has 13 heteroatoms. The van der Waals surface area contributed by atoms with Crippen molar-refractivity contribution in [2.24, 2.45) is 0 Å².